The highest BCUT2D eigenvalue weighted by Gasteiger charge is 2.22. The summed E-state index contributed by atoms with van der Waals surface area (Å²) in [7, 11) is 0. The molecule has 0 spiro atoms. The Balaban J connectivity index is 1.79. The standard InChI is InChI=1S/C11H12ClNO2/c12-9-3-7(5-13-8-1-2-8)4-10-11(9)15-6-14-10/h3-4,8,13H,1-2,5-6H2. The van der Waals surface area contributed by atoms with Crippen molar-refractivity contribution in [3.63, 3.8) is 0 Å². The molecule has 1 aromatic rings. The summed E-state index contributed by atoms with van der Waals surface area (Å²) in [6.45, 7) is 1.12. The van der Waals surface area contributed by atoms with Crippen LogP contribution in [0.2, 0.25) is 5.02 Å². The molecule has 15 heavy (non-hydrogen) atoms. The molecule has 1 fully saturated rings. The first-order valence-corrected chi connectivity index (χ1v) is 5.52. The topological polar surface area (TPSA) is 30.5 Å². The second-order valence-corrected chi connectivity index (χ2v) is 4.37. The Bertz CT molecular complexity index is 390. The van der Waals surface area contributed by atoms with Crippen LogP contribution in [0.5, 0.6) is 11.5 Å². The van der Waals surface area contributed by atoms with Gasteiger partial charge in [-0.05, 0) is 30.5 Å². The zero-order chi connectivity index (χ0) is 10.3. The Morgan fingerprint density at radius 1 is 1.33 bits per heavy atom. The van der Waals surface area contributed by atoms with Crippen LogP contribution in [0.1, 0.15) is 18.4 Å². The fourth-order valence-electron chi connectivity index (χ4n) is 1.67. The van der Waals surface area contributed by atoms with E-state index in [0.717, 1.165) is 17.9 Å². The molecule has 1 aliphatic heterocycles. The predicted molar refractivity (Wildman–Crippen MR) is 57.4 cm³/mol. The van der Waals surface area contributed by atoms with E-state index in [9.17, 15) is 0 Å². The minimum absolute atomic E-state index is 0.272. The summed E-state index contributed by atoms with van der Waals surface area (Å²) in [6.07, 6.45) is 2.58. The number of halogens is 1. The molecule has 80 valence electrons. The quantitative estimate of drug-likeness (QED) is 0.857. The van der Waals surface area contributed by atoms with Crippen molar-refractivity contribution >= 4 is 11.6 Å². The highest BCUT2D eigenvalue weighted by atomic mass is 35.5. The van der Waals surface area contributed by atoms with Gasteiger partial charge in [0.15, 0.2) is 11.5 Å². The van der Waals surface area contributed by atoms with Crippen LogP contribution in [-0.2, 0) is 6.54 Å². The van der Waals surface area contributed by atoms with Crippen LogP contribution in [0.3, 0.4) is 0 Å². The SMILES string of the molecule is Clc1cc(CNC2CC2)cc2c1OCO2. The fraction of sp³-hybridized carbons (Fsp3) is 0.455. The van der Waals surface area contributed by atoms with E-state index in [1.54, 1.807) is 0 Å². The number of hydrogen-bond donors (Lipinski definition) is 1. The number of rotatable bonds is 3. The summed E-state index contributed by atoms with van der Waals surface area (Å²) in [4.78, 5) is 0. The lowest BCUT2D eigenvalue weighted by molar-refractivity contribution is 0.174. The molecular weight excluding hydrogens is 214 g/mol. The summed E-state index contributed by atoms with van der Waals surface area (Å²) < 4.78 is 10.6. The van der Waals surface area contributed by atoms with Gasteiger partial charge in [-0.1, -0.05) is 11.6 Å². The lowest BCUT2D eigenvalue weighted by Gasteiger charge is -2.05. The molecule has 1 saturated carbocycles. The Hall–Kier alpha value is -0.930. The minimum Gasteiger partial charge on any atom is -0.454 e. The fourth-order valence-corrected chi connectivity index (χ4v) is 1.96. The van der Waals surface area contributed by atoms with Crippen LogP contribution in [0.25, 0.3) is 0 Å². The van der Waals surface area contributed by atoms with E-state index in [4.69, 9.17) is 21.1 Å². The number of hydrogen-bond acceptors (Lipinski definition) is 3. The highest BCUT2D eigenvalue weighted by Crippen LogP contribution is 2.39. The number of ether oxygens (including phenoxy) is 2. The average molecular weight is 226 g/mol. The second-order valence-electron chi connectivity index (χ2n) is 3.97. The van der Waals surface area contributed by atoms with Gasteiger partial charge in [-0.3, -0.25) is 0 Å². The summed E-state index contributed by atoms with van der Waals surface area (Å²) in [5.74, 6) is 1.43. The zero-order valence-corrected chi connectivity index (χ0v) is 9.01. The van der Waals surface area contributed by atoms with E-state index in [1.807, 2.05) is 12.1 Å². The van der Waals surface area contributed by atoms with Gasteiger partial charge in [-0.2, -0.15) is 0 Å². The van der Waals surface area contributed by atoms with Crippen molar-refractivity contribution in [3.05, 3.63) is 22.7 Å². The van der Waals surface area contributed by atoms with Gasteiger partial charge in [0.2, 0.25) is 6.79 Å². The second kappa shape index (κ2) is 3.58. The van der Waals surface area contributed by atoms with Crippen molar-refractivity contribution in [1.29, 1.82) is 0 Å². The van der Waals surface area contributed by atoms with Crippen molar-refractivity contribution in [1.82, 2.24) is 5.32 Å². The van der Waals surface area contributed by atoms with Crippen molar-refractivity contribution in [3.8, 4) is 11.5 Å². The molecule has 0 amide bonds. The summed E-state index contributed by atoms with van der Waals surface area (Å²) in [6, 6.07) is 4.63. The molecule has 0 bridgehead atoms. The van der Waals surface area contributed by atoms with Crippen LogP contribution in [0.15, 0.2) is 12.1 Å². The monoisotopic (exact) mass is 225 g/mol. The van der Waals surface area contributed by atoms with Crippen LogP contribution in [0.4, 0.5) is 0 Å². The van der Waals surface area contributed by atoms with Gasteiger partial charge in [-0.15, -0.1) is 0 Å². The normalized spacial score (nSPS) is 18.2. The maximum Gasteiger partial charge on any atom is 0.231 e. The van der Waals surface area contributed by atoms with E-state index in [0.29, 0.717) is 16.8 Å². The van der Waals surface area contributed by atoms with Gasteiger partial charge >= 0.3 is 0 Å². The van der Waals surface area contributed by atoms with Crippen LogP contribution in [0, 0.1) is 0 Å². The molecule has 0 atom stereocenters. The van der Waals surface area contributed by atoms with Gasteiger partial charge < -0.3 is 14.8 Å². The van der Waals surface area contributed by atoms with E-state index in [1.165, 1.54) is 12.8 Å². The van der Waals surface area contributed by atoms with Crippen LogP contribution >= 0.6 is 11.6 Å². The van der Waals surface area contributed by atoms with Crippen molar-refractivity contribution < 1.29 is 9.47 Å². The van der Waals surface area contributed by atoms with Gasteiger partial charge in [0.05, 0.1) is 5.02 Å². The van der Waals surface area contributed by atoms with Gasteiger partial charge in [0, 0.05) is 12.6 Å². The first-order chi connectivity index (χ1) is 7.33. The first kappa shape index (κ1) is 9.31. The van der Waals surface area contributed by atoms with E-state index in [-0.39, 0.29) is 6.79 Å². The maximum atomic E-state index is 6.07. The van der Waals surface area contributed by atoms with Gasteiger partial charge in [-0.25, -0.2) is 0 Å². The summed E-state index contributed by atoms with van der Waals surface area (Å²) in [5.41, 5.74) is 1.15. The first-order valence-electron chi connectivity index (χ1n) is 5.14. The summed E-state index contributed by atoms with van der Waals surface area (Å²) in [5, 5.41) is 4.07. The van der Waals surface area contributed by atoms with Gasteiger partial charge in [0.1, 0.15) is 0 Å². The summed E-state index contributed by atoms with van der Waals surface area (Å²) >= 11 is 6.07. The lowest BCUT2D eigenvalue weighted by Crippen LogP contribution is -2.15. The molecule has 2 aliphatic rings. The molecule has 1 aliphatic carbocycles. The Morgan fingerprint density at radius 3 is 3.00 bits per heavy atom. The molecule has 0 aromatic heterocycles. The number of benzene rings is 1. The molecule has 4 heteroatoms. The largest absolute Gasteiger partial charge is 0.454 e. The molecule has 0 saturated heterocycles. The van der Waals surface area contributed by atoms with E-state index < -0.39 is 0 Å². The van der Waals surface area contributed by atoms with Crippen LogP contribution < -0.4 is 14.8 Å². The highest BCUT2D eigenvalue weighted by molar-refractivity contribution is 6.32. The maximum absolute atomic E-state index is 6.07. The average Bonchev–Trinajstić information content (AvgIpc) is 2.93. The third-order valence-corrected chi connectivity index (χ3v) is 2.94. The molecule has 3 nitrogen and oxygen atoms in total. The predicted octanol–water partition coefficient (Wildman–Crippen LogP) is 2.32. The van der Waals surface area contributed by atoms with Gasteiger partial charge in [0.25, 0.3) is 0 Å². The van der Waals surface area contributed by atoms with Crippen molar-refractivity contribution in [2.45, 2.75) is 25.4 Å². The van der Waals surface area contributed by atoms with Crippen molar-refractivity contribution in [2.24, 2.45) is 0 Å². The number of nitrogens with one attached hydrogen (secondary N) is 1. The Kier molecular flexibility index (Phi) is 2.22. The van der Waals surface area contributed by atoms with Crippen LogP contribution in [-0.4, -0.2) is 12.8 Å². The molecule has 3 rings (SSSR count). The van der Waals surface area contributed by atoms with E-state index >= 15 is 0 Å². The number of fused-ring (bicyclic) bond motifs is 1. The molecule has 1 heterocycles. The smallest absolute Gasteiger partial charge is 0.231 e. The molecule has 1 N–H and O–H groups in total. The zero-order valence-electron chi connectivity index (χ0n) is 8.25. The molecule has 1 aromatic carbocycles. The molecular formula is C11H12ClNO2. The molecule has 0 radical (unpaired) electrons. The van der Waals surface area contributed by atoms with Crippen molar-refractivity contribution in [2.75, 3.05) is 6.79 Å². The Morgan fingerprint density at radius 2 is 2.20 bits per heavy atom. The minimum atomic E-state index is 0.272. The molecule has 0 unspecified atom stereocenters. The van der Waals surface area contributed by atoms with E-state index in [2.05, 4.69) is 5.32 Å². The third-order valence-electron chi connectivity index (χ3n) is 2.66. The third kappa shape index (κ3) is 1.90. The lowest BCUT2D eigenvalue weighted by atomic mass is 10.2. The Labute approximate surface area is 93.3 Å².